The van der Waals surface area contributed by atoms with Gasteiger partial charge in [0.05, 0.1) is 11.4 Å². The van der Waals surface area contributed by atoms with Crippen molar-refractivity contribution in [2.75, 3.05) is 11.5 Å². The summed E-state index contributed by atoms with van der Waals surface area (Å²) in [6.45, 7) is 4.86. The normalized spacial score (nSPS) is 27.8. The summed E-state index contributed by atoms with van der Waals surface area (Å²) in [6.07, 6.45) is 1.53. The molecular formula is C18H21FN4O2S. The Bertz CT molecular complexity index is 1020. The topological polar surface area (TPSA) is 111 Å². The number of benzene rings is 1. The smallest absolute Gasteiger partial charge is 0.171 e. The van der Waals surface area contributed by atoms with Crippen LogP contribution in [-0.2, 0) is 20.1 Å². The summed E-state index contributed by atoms with van der Waals surface area (Å²) in [5.74, 6) is -1.11. The number of anilines is 1. The van der Waals surface area contributed by atoms with Gasteiger partial charge in [-0.1, -0.05) is 0 Å². The second-order valence-electron chi connectivity index (χ2n) is 7.02. The third kappa shape index (κ3) is 2.65. The number of sulfone groups is 1. The molecule has 4 N–H and O–H groups in total. The first-order valence-corrected chi connectivity index (χ1v) is 9.71. The number of nitrogens with zero attached hydrogens (tertiary/aromatic N) is 2. The molecular weight excluding hydrogens is 355 g/mol. The highest BCUT2D eigenvalue weighted by molar-refractivity contribution is 7.93. The van der Waals surface area contributed by atoms with E-state index in [9.17, 15) is 12.8 Å². The molecule has 1 aliphatic heterocycles. The van der Waals surface area contributed by atoms with Crippen LogP contribution < -0.4 is 11.5 Å². The molecule has 0 unspecified atom stereocenters. The van der Waals surface area contributed by atoms with Crippen LogP contribution in [0.5, 0.6) is 0 Å². The number of amidine groups is 1. The zero-order valence-corrected chi connectivity index (χ0v) is 15.6. The molecule has 138 valence electrons. The summed E-state index contributed by atoms with van der Waals surface area (Å²) in [6, 6.07) is 7.44. The van der Waals surface area contributed by atoms with Crippen molar-refractivity contribution in [3.63, 3.8) is 0 Å². The van der Waals surface area contributed by atoms with Gasteiger partial charge in [0.25, 0.3) is 0 Å². The molecule has 2 atom stereocenters. The van der Waals surface area contributed by atoms with E-state index in [1.807, 2.05) is 6.92 Å². The Kier molecular flexibility index (Phi) is 4.06. The lowest BCUT2D eigenvalue weighted by atomic mass is 9.92. The number of rotatable bonds is 2. The fourth-order valence-corrected chi connectivity index (χ4v) is 5.30. The minimum Gasteiger partial charge on any atom is -0.399 e. The Hall–Kier alpha value is -2.48. The van der Waals surface area contributed by atoms with Crippen molar-refractivity contribution in [3.8, 4) is 0 Å². The minimum atomic E-state index is -3.85. The fourth-order valence-electron chi connectivity index (χ4n) is 3.26. The van der Waals surface area contributed by atoms with Crippen LogP contribution in [0.15, 0.2) is 41.5 Å². The molecule has 3 rings (SSSR count). The number of aliphatic imine (C=N–C) groups is 1. The Morgan fingerprint density at radius 3 is 2.46 bits per heavy atom. The van der Waals surface area contributed by atoms with Crippen LogP contribution in [0.25, 0.3) is 0 Å². The van der Waals surface area contributed by atoms with E-state index < -0.39 is 31.7 Å². The van der Waals surface area contributed by atoms with Gasteiger partial charge < -0.3 is 11.5 Å². The van der Waals surface area contributed by atoms with Gasteiger partial charge >= 0.3 is 0 Å². The summed E-state index contributed by atoms with van der Waals surface area (Å²) >= 11 is 0. The van der Waals surface area contributed by atoms with Crippen molar-refractivity contribution in [3.05, 3.63) is 59.2 Å². The van der Waals surface area contributed by atoms with E-state index in [0.29, 0.717) is 11.4 Å². The van der Waals surface area contributed by atoms with Gasteiger partial charge in [-0.3, -0.25) is 9.98 Å². The van der Waals surface area contributed by atoms with Crippen LogP contribution in [-0.4, -0.2) is 25.0 Å². The molecule has 1 aliphatic rings. The van der Waals surface area contributed by atoms with Gasteiger partial charge in [0.1, 0.15) is 17.2 Å². The maximum atomic E-state index is 14.4. The number of hydrogen-bond donors (Lipinski definition) is 2. The second kappa shape index (κ2) is 5.77. The lowest BCUT2D eigenvalue weighted by Gasteiger charge is -2.39. The standard InChI is InChI=1S/C18H21FN4O2S/c1-11-6-7-22-15(8-11)18(3)16(21)23-17(2,10-26(18,24)25)13-9-12(20)4-5-14(13)19/h4-9H,10,20H2,1-3H3,(H2,21,23)/t17-,18-/m0/s1. The molecule has 0 saturated carbocycles. The fraction of sp³-hybridized carbons (Fsp3) is 0.333. The highest BCUT2D eigenvalue weighted by Gasteiger charge is 2.54. The van der Waals surface area contributed by atoms with Crippen molar-refractivity contribution in [1.82, 2.24) is 4.98 Å². The summed E-state index contributed by atoms with van der Waals surface area (Å²) in [5, 5.41) is 0. The van der Waals surface area contributed by atoms with E-state index in [1.165, 1.54) is 31.3 Å². The molecule has 0 radical (unpaired) electrons. The van der Waals surface area contributed by atoms with Gasteiger partial charge in [-0.2, -0.15) is 0 Å². The average Bonchev–Trinajstić information content (AvgIpc) is 2.54. The number of hydrogen-bond acceptors (Lipinski definition) is 6. The van der Waals surface area contributed by atoms with Crippen LogP contribution in [0.3, 0.4) is 0 Å². The number of aryl methyl sites for hydroxylation is 1. The third-order valence-corrected chi connectivity index (χ3v) is 7.53. The molecule has 2 aromatic rings. The maximum Gasteiger partial charge on any atom is 0.171 e. The summed E-state index contributed by atoms with van der Waals surface area (Å²) in [4.78, 5) is 8.62. The van der Waals surface area contributed by atoms with Gasteiger partial charge in [-0.15, -0.1) is 0 Å². The van der Waals surface area contributed by atoms with Crippen molar-refractivity contribution >= 4 is 21.4 Å². The molecule has 0 bridgehead atoms. The molecule has 26 heavy (non-hydrogen) atoms. The van der Waals surface area contributed by atoms with Crippen LogP contribution in [0.4, 0.5) is 10.1 Å². The number of pyridine rings is 1. The maximum absolute atomic E-state index is 14.4. The predicted molar refractivity (Wildman–Crippen MR) is 99.9 cm³/mol. The molecule has 0 fully saturated rings. The summed E-state index contributed by atoms with van der Waals surface area (Å²) in [5.41, 5.74) is 12.1. The van der Waals surface area contributed by atoms with Gasteiger partial charge in [-0.05, 0) is 56.7 Å². The van der Waals surface area contributed by atoms with E-state index in [-0.39, 0.29) is 11.4 Å². The van der Waals surface area contributed by atoms with Crippen LogP contribution in [0.2, 0.25) is 0 Å². The zero-order chi connectivity index (χ0) is 19.3. The quantitative estimate of drug-likeness (QED) is 0.779. The molecule has 6 nitrogen and oxygen atoms in total. The van der Waals surface area contributed by atoms with Gasteiger partial charge in [0, 0.05) is 17.4 Å². The molecule has 8 heteroatoms. The molecule has 1 aromatic carbocycles. The molecule has 1 aromatic heterocycles. The van der Waals surface area contributed by atoms with E-state index in [0.717, 1.165) is 5.56 Å². The van der Waals surface area contributed by atoms with Crippen LogP contribution in [0, 0.1) is 12.7 Å². The Labute approximate surface area is 152 Å². The molecule has 0 saturated heterocycles. The van der Waals surface area contributed by atoms with Crippen molar-refractivity contribution in [2.24, 2.45) is 10.7 Å². The highest BCUT2D eigenvalue weighted by atomic mass is 32.2. The molecule has 2 heterocycles. The van der Waals surface area contributed by atoms with E-state index in [1.54, 1.807) is 19.1 Å². The molecule has 0 aliphatic carbocycles. The molecule has 0 amide bonds. The van der Waals surface area contributed by atoms with E-state index in [2.05, 4.69) is 9.98 Å². The lowest BCUT2D eigenvalue weighted by Crippen LogP contribution is -2.55. The largest absolute Gasteiger partial charge is 0.399 e. The molecule has 0 spiro atoms. The zero-order valence-electron chi connectivity index (χ0n) is 14.8. The highest BCUT2D eigenvalue weighted by Crippen LogP contribution is 2.42. The first-order chi connectivity index (χ1) is 12.0. The first kappa shape index (κ1) is 18.3. The second-order valence-corrected chi connectivity index (χ2v) is 9.36. The average molecular weight is 376 g/mol. The van der Waals surface area contributed by atoms with Crippen molar-refractivity contribution < 1.29 is 12.8 Å². The lowest BCUT2D eigenvalue weighted by molar-refractivity contribution is 0.472. The van der Waals surface area contributed by atoms with E-state index >= 15 is 0 Å². The van der Waals surface area contributed by atoms with Gasteiger partial charge in [-0.25, -0.2) is 12.8 Å². The van der Waals surface area contributed by atoms with Gasteiger partial charge in [0.2, 0.25) is 0 Å². The predicted octanol–water partition coefficient (Wildman–Crippen LogP) is 2.03. The van der Waals surface area contributed by atoms with E-state index in [4.69, 9.17) is 11.5 Å². The van der Waals surface area contributed by atoms with Crippen molar-refractivity contribution in [2.45, 2.75) is 31.1 Å². The minimum absolute atomic E-state index is 0.100. The Morgan fingerprint density at radius 2 is 1.85 bits per heavy atom. The summed E-state index contributed by atoms with van der Waals surface area (Å²) in [7, 11) is -3.85. The third-order valence-electron chi connectivity index (χ3n) is 4.92. The Balaban J connectivity index is 2.23. The van der Waals surface area contributed by atoms with Crippen LogP contribution >= 0.6 is 0 Å². The number of aromatic nitrogens is 1. The van der Waals surface area contributed by atoms with Gasteiger partial charge in [0.15, 0.2) is 14.6 Å². The Morgan fingerprint density at radius 1 is 1.15 bits per heavy atom. The number of nitrogen functional groups attached to an aromatic ring is 1. The number of nitrogens with two attached hydrogens (primary N) is 2. The first-order valence-electron chi connectivity index (χ1n) is 8.06. The number of halogens is 1. The van der Waals surface area contributed by atoms with Crippen LogP contribution in [0.1, 0.15) is 30.7 Å². The van der Waals surface area contributed by atoms with Crippen molar-refractivity contribution in [1.29, 1.82) is 0 Å². The summed E-state index contributed by atoms with van der Waals surface area (Å²) < 4.78 is 39.3. The monoisotopic (exact) mass is 376 g/mol. The SMILES string of the molecule is Cc1ccnc([C@@]2(C)C(N)=N[C@](C)(c3cc(N)ccc3F)CS2(=O)=O)c1.